The molecule has 2 unspecified atom stereocenters. The molecule has 0 heterocycles. The number of amides is 1. The second kappa shape index (κ2) is 7.65. The van der Waals surface area contributed by atoms with Gasteiger partial charge in [-0.3, -0.25) is 4.79 Å². The molecule has 1 aromatic rings. The number of carbonyl (C=O) groups is 1. The van der Waals surface area contributed by atoms with Crippen LogP contribution in [-0.2, 0) is 11.2 Å². The molecule has 4 heteroatoms. The Balaban J connectivity index is 1.68. The van der Waals surface area contributed by atoms with Crippen LogP contribution in [0.25, 0.3) is 0 Å². The highest BCUT2D eigenvalue weighted by molar-refractivity contribution is 6.30. The molecule has 2 rings (SSSR count). The Morgan fingerprint density at radius 3 is 2.65 bits per heavy atom. The van der Waals surface area contributed by atoms with Crippen LogP contribution in [-0.4, -0.2) is 18.5 Å². The Labute approximate surface area is 125 Å². The topological polar surface area (TPSA) is 55.1 Å². The van der Waals surface area contributed by atoms with Crippen molar-refractivity contribution in [3.63, 3.8) is 0 Å². The first-order valence-corrected chi connectivity index (χ1v) is 7.79. The predicted molar refractivity (Wildman–Crippen MR) is 82.7 cm³/mol. The van der Waals surface area contributed by atoms with Gasteiger partial charge in [-0.15, -0.1) is 0 Å². The number of benzene rings is 1. The van der Waals surface area contributed by atoms with Crippen LogP contribution >= 0.6 is 11.6 Å². The Kier molecular flexibility index (Phi) is 5.86. The van der Waals surface area contributed by atoms with Crippen LogP contribution in [0, 0.1) is 5.92 Å². The summed E-state index contributed by atoms with van der Waals surface area (Å²) in [5.41, 5.74) is 7.25. The van der Waals surface area contributed by atoms with Crippen LogP contribution in [0.5, 0.6) is 0 Å². The van der Waals surface area contributed by atoms with E-state index in [0.29, 0.717) is 18.9 Å². The van der Waals surface area contributed by atoms with Crippen molar-refractivity contribution in [2.75, 3.05) is 6.54 Å². The summed E-state index contributed by atoms with van der Waals surface area (Å²) in [6.07, 6.45) is 5.96. The summed E-state index contributed by atoms with van der Waals surface area (Å²) >= 11 is 5.84. The molecule has 3 nitrogen and oxygen atoms in total. The van der Waals surface area contributed by atoms with Crippen LogP contribution in [0.3, 0.4) is 0 Å². The monoisotopic (exact) mass is 294 g/mol. The van der Waals surface area contributed by atoms with Crippen LogP contribution in [0.15, 0.2) is 24.3 Å². The number of nitrogens with two attached hydrogens (primary N) is 1. The molecule has 20 heavy (non-hydrogen) atoms. The van der Waals surface area contributed by atoms with E-state index in [1.54, 1.807) is 0 Å². The standard InChI is InChI=1S/C16H23ClN2O/c17-14-7-5-12(6-8-14)9-10-19-16(20)11-13-3-1-2-4-15(13)18/h5-8,13,15H,1-4,9-11,18H2,(H,19,20). The fraction of sp³-hybridized carbons (Fsp3) is 0.562. The van der Waals surface area contributed by atoms with Gasteiger partial charge in [0.1, 0.15) is 0 Å². The third-order valence-electron chi connectivity index (χ3n) is 4.06. The van der Waals surface area contributed by atoms with Gasteiger partial charge in [0.05, 0.1) is 0 Å². The van der Waals surface area contributed by atoms with Crippen molar-refractivity contribution >= 4 is 17.5 Å². The van der Waals surface area contributed by atoms with Crippen LogP contribution in [0.4, 0.5) is 0 Å². The Bertz CT molecular complexity index is 433. The highest BCUT2D eigenvalue weighted by Crippen LogP contribution is 2.25. The van der Waals surface area contributed by atoms with Gasteiger partial charge in [0.25, 0.3) is 0 Å². The summed E-state index contributed by atoms with van der Waals surface area (Å²) in [5, 5.41) is 3.73. The molecule has 1 amide bonds. The SMILES string of the molecule is NC1CCCCC1CC(=O)NCCc1ccc(Cl)cc1. The lowest BCUT2D eigenvalue weighted by Crippen LogP contribution is -2.37. The number of rotatable bonds is 5. The quantitative estimate of drug-likeness (QED) is 0.877. The number of nitrogens with one attached hydrogen (secondary N) is 1. The second-order valence-corrected chi connectivity index (χ2v) is 6.08. The lowest BCUT2D eigenvalue weighted by Gasteiger charge is -2.27. The lowest BCUT2D eigenvalue weighted by molar-refractivity contribution is -0.122. The molecule has 0 bridgehead atoms. The minimum atomic E-state index is 0.126. The van der Waals surface area contributed by atoms with Gasteiger partial charge in [-0.2, -0.15) is 0 Å². The average Bonchev–Trinajstić information content (AvgIpc) is 2.44. The van der Waals surface area contributed by atoms with E-state index in [1.807, 2.05) is 24.3 Å². The molecule has 1 aliphatic carbocycles. The summed E-state index contributed by atoms with van der Waals surface area (Å²) in [4.78, 5) is 11.9. The number of hydrogen-bond acceptors (Lipinski definition) is 2. The van der Waals surface area contributed by atoms with E-state index in [-0.39, 0.29) is 11.9 Å². The van der Waals surface area contributed by atoms with Crippen LogP contribution < -0.4 is 11.1 Å². The highest BCUT2D eigenvalue weighted by Gasteiger charge is 2.23. The van der Waals surface area contributed by atoms with Gasteiger partial charge in [-0.1, -0.05) is 36.6 Å². The molecule has 0 aliphatic heterocycles. The highest BCUT2D eigenvalue weighted by atomic mass is 35.5. The van der Waals surface area contributed by atoms with Crippen LogP contribution in [0.2, 0.25) is 5.02 Å². The lowest BCUT2D eigenvalue weighted by atomic mass is 9.83. The molecule has 0 spiro atoms. The maximum atomic E-state index is 11.9. The minimum absolute atomic E-state index is 0.126. The number of hydrogen-bond donors (Lipinski definition) is 2. The fourth-order valence-corrected chi connectivity index (χ4v) is 2.92. The van der Waals surface area contributed by atoms with E-state index in [9.17, 15) is 4.79 Å². The van der Waals surface area contributed by atoms with E-state index < -0.39 is 0 Å². The molecule has 1 fully saturated rings. The summed E-state index contributed by atoms with van der Waals surface area (Å²) in [6, 6.07) is 7.93. The van der Waals surface area contributed by atoms with E-state index >= 15 is 0 Å². The molecule has 1 aliphatic rings. The van der Waals surface area contributed by atoms with Gasteiger partial charge in [-0.25, -0.2) is 0 Å². The van der Waals surface area contributed by atoms with Crippen molar-refractivity contribution in [3.05, 3.63) is 34.9 Å². The largest absolute Gasteiger partial charge is 0.356 e. The van der Waals surface area contributed by atoms with Gasteiger partial charge < -0.3 is 11.1 Å². The van der Waals surface area contributed by atoms with E-state index in [1.165, 1.54) is 18.4 Å². The molecule has 1 saturated carbocycles. The van der Waals surface area contributed by atoms with Gasteiger partial charge in [-0.05, 0) is 42.9 Å². The van der Waals surface area contributed by atoms with E-state index in [0.717, 1.165) is 24.3 Å². The van der Waals surface area contributed by atoms with Gasteiger partial charge >= 0.3 is 0 Å². The third kappa shape index (κ3) is 4.80. The first-order valence-electron chi connectivity index (χ1n) is 7.42. The van der Waals surface area contributed by atoms with Gasteiger partial charge in [0.2, 0.25) is 5.91 Å². The Morgan fingerprint density at radius 2 is 1.95 bits per heavy atom. The molecule has 0 aromatic heterocycles. The smallest absolute Gasteiger partial charge is 0.220 e. The van der Waals surface area contributed by atoms with Crippen molar-refractivity contribution in [2.24, 2.45) is 11.7 Å². The van der Waals surface area contributed by atoms with Gasteiger partial charge in [0, 0.05) is 24.0 Å². The molecule has 0 saturated heterocycles. The van der Waals surface area contributed by atoms with Gasteiger partial charge in [0.15, 0.2) is 0 Å². The van der Waals surface area contributed by atoms with Crippen molar-refractivity contribution in [3.8, 4) is 0 Å². The summed E-state index contributed by atoms with van der Waals surface area (Å²) in [7, 11) is 0. The minimum Gasteiger partial charge on any atom is -0.356 e. The maximum Gasteiger partial charge on any atom is 0.220 e. The first-order chi connectivity index (χ1) is 9.65. The molecular formula is C16H23ClN2O. The zero-order valence-corrected chi connectivity index (χ0v) is 12.5. The molecule has 2 atom stereocenters. The zero-order valence-electron chi connectivity index (χ0n) is 11.8. The van der Waals surface area contributed by atoms with Crippen molar-refractivity contribution < 1.29 is 4.79 Å². The molecular weight excluding hydrogens is 272 g/mol. The molecule has 0 radical (unpaired) electrons. The predicted octanol–water partition coefficient (Wildman–Crippen LogP) is 2.91. The van der Waals surface area contributed by atoms with E-state index in [2.05, 4.69) is 5.32 Å². The van der Waals surface area contributed by atoms with Crippen molar-refractivity contribution in [1.29, 1.82) is 0 Å². The second-order valence-electron chi connectivity index (χ2n) is 5.64. The number of halogens is 1. The van der Waals surface area contributed by atoms with Crippen LogP contribution in [0.1, 0.15) is 37.7 Å². The first kappa shape index (κ1) is 15.3. The molecule has 110 valence electrons. The fourth-order valence-electron chi connectivity index (χ4n) is 2.80. The summed E-state index contributed by atoms with van der Waals surface area (Å²) in [5.74, 6) is 0.487. The summed E-state index contributed by atoms with van der Waals surface area (Å²) < 4.78 is 0. The third-order valence-corrected chi connectivity index (χ3v) is 4.32. The molecule has 1 aromatic carbocycles. The average molecular weight is 295 g/mol. The normalized spacial score (nSPS) is 22.5. The number of carbonyl (C=O) groups excluding carboxylic acids is 1. The maximum absolute atomic E-state index is 11.9. The summed E-state index contributed by atoms with van der Waals surface area (Å²) in [6.45, 7) is 0.669. The van der Waals surface area contributed by atoms with Crippen molar-refractivity contribution in [1.82, 2.24) is 5.32 Å². The van der Waals surface area contributed by atoms with E-state index in [4.69, 9.17) is 17.3 Å². The Hall–Kier alpha value is -1.06. The van der Waals surface area contributed by atoms with Crippen molar-refractivity contribution in [2.45, 2.75) is 44.6 Å². The Morgan fingerprint density at radius 1 is 1.25 bits per heavy atom. The zero-order chi connectivity index (χ0) is 14.4. The molecule has 3 N–H and O–H groups in total.